The lowest BCUT2D eigenvalue weighted by atomic mass is 10.2. The molecule has 0 N–H and O–H groups in total. The van der Waals surface area contributed by atoms with Crippen LogP contribution in [0.5, 0.6) is 0 Å². The molecule has 3 rings (SSSR count). The maximum Gasteiger partial charge on any atom is 0.00720 e. The van der Waals surface area contributed by atoms with Crippen LogP contribution in [-0.4, -0.2) is 5.75 Å². The zero-order valence-corrected chi connectivity index (χ0v) is 14.1. The molecule has 0 amide bonds. The Morgan fingerprint density at radius 2 is 1.08 bits per heavy atom. The van der Waals surface area contributed by atoms with Crippen LogP contribution >= 0.6 is 24.4 Å². The van der Waals surface area contributed by atoms with Crippen LogP contribution in [0.3, 0.4) is 0 Å². The zero-order chi connectivity index (χ0) is 15.5. The molecule has 0 radical (unpaired) electrons. The van der Waals surface area contributed by atoms with E-state index in [9.17, 15) is 0 Å². The molecule has 0 saturated carbocycles. The number of thiol groups is 1. The van der Waals surface area contributed by atoms with Crippen molar-refractivity contribution >= 4 is 24.4 Å². The van der Waals surface area contributed by atoms with Crippen molar-refractivity contribution in [3.8, 4) is 0 Å². The minimum atomic E-state index is 0. The molecule has 0 aliphatic rings. The Hall–Kier alpha value is -1.64. The molecular formula is C22H28S2. The Bertz CT molecular complexity index is 582. The van der Waals surface area contributed by atoms with Gasteiger partial charge in [-0.15, -0.1) is 24.4 Å². The van der Waals surface area contributed by atoms with E-state index in [2.05, 4.69) is 73.3 Å². The molecule has 0 fully saturated rings. The van der Waals surface area contributed by atoms with Gasteiger partial charge < -0.3 is 0 Å². The summed E-state index contributed by atoms with van der Waals surface area (Å²) < 4.78 is 0. The first-order valence-corrected chi connectivity index (χ1v) is 8.73. The monoisotopic (exact) mass is 356 g/mol. The summed E-state index contributed by atoms with van der Waals surface area (Å²) in [6.45, 7) is 0. The molecule has 0 bridgehead atoms. The van der Waals surface area contributed by atoms with E-state index in [1.807, 2.05) is 42.1 Å². The van der Waals surface area contributed by atoms with Crippen LogP contribution in [-0.2, 0) is 6.42 Å². The SMILES string of the molecule is C.C.Sc1ccccc1.c1ccc(CCSc2ccccc2)cc1. The van der Waals surface area contributed by atoms with E-state index in [1.54, 1.807) is 0 Å². The highest BCUT2D eigenvalue weighted by Crippen LogP contribution is 2.18. The second-order valence-corrected chi connectivity index (χ2v) is 6.42. The van der Waals surface area contributed by atoms with E-state index >= 15 is 0 Å². The summed E-state index contributed by atoms with van der Waals surface area (Å²) in [5.41, 5.74) is 1.42. The van der Waals surface area contributed by atoms with Crippen LogP contribution in [0.4, 0.5) is 0 Å². The van der Waals surface area contributed by atoms with E-state index in [-0.39, 0.29) is 14.9 Å². The van der Waals surface area contributed by atoms with Gasteiger partial charge in [0.2, 0.25) is 0 Å². The average molecular weight is 357 g/mol. The number of thioether (sulfide) groups is 1. The third-order valence-corrected chi connectivity index (χ3v) is 4.31. The van der Waals surface area contributed by atoms with Crippen molar-refractivity contribution in [1.29, 1.82) is 0 Å². The van der Waals surface area contributed by atoms with Crippen molar-refractivity contribution in [3.05, 3.63) is 96.6 Å². The number of hydrogen-bond acceptors (Lipinski definition) is 2. The molecule has 0 unspecified atom stereocenters. The van der Waals surface area contributed by atoms with Crippen LogP contribution in [0.2, 0.25) is 0 Å². The van der Waals surface area contributed by atoms with E-state index in [0.29, 0.717) is 0 Å². The predicted molar refractivity (Wildman–Crippen MR) is 114 cm³/mol. The van der Waals surface area contributed by atoms with Gasteiger partial charge in [-0.3, -0.25) is 0 Å². The first-order valence-electron chi connectivity index (χ1n) is 7.30. The maximum atomic E-state index is 4.08. The standard InChI is InChI=1S/C14H14S.C6H6S.2CH4/c1-3-7-13(8-4-1)11-12-15-14-9-5-2-6-10-14;7-6-4-2-1-3-5-6;;/h1-10H,11-12H2;1-5,7H;2*1H4. The minimum Gasteiger partial charge on any atom is -0.143 e. The predicted octanol–water partition coefficient (Wildman–Crippen LogP) is 7.27. The van der Waals surface area contributed by atoms with Gasteiger partial charge in [0, 0.05) is 15.5 Å². The van der Waals surface area contributed by atoms with Gasteiger partial charge in [0.1, 0.15) is 0 Å². The van der Waals surface area contributed by atoms with Crippen molar-refractivity contribution in [1.82, 2.24) is 0 Å². The molecule has 128 valence electrons. The molecule has 3 aromatic carbocycles. The molecular weight excluding hydrogens is 328 g/mol. The molecule has 0 heterocycles. The fraction of sp³-hybridized carbons (Fsp3) is 0.182. The zero-order valence-electron chi connectivity index (χ0n) is 12.4. The van der Waals surface area contributed by atoms with E-state index in [4.69, 9.17) is 0 Å². The number of aryl methyl sites for hydroxylation is 1. The van der Waals surface area contributed by atoms with Crippen LogP contribution in [0.15, 0.2) is 101 Å². The fourth-order valence-corrected chi connectivity index (χ4v) is 2.97. The van der Waals surface area contributed by atoms with Gasteiger partial charge in [0.15, 0.2) is 0 Å². The summed E-state index contributed by atoms with van der Waals surface area (Å²) in [4.78, 5) is 2.37. The molecule has 0 atom stereocenters. The second-order valence-electron chi connectivity index (χ2n) is 4.73. The largest absolute Gasteiger partial charge is 0.143 e. The lowest BCUT2D eigenvalue weighted by Gasteiger charge is -2.01. The van der Waals surface area contributed by atoms with Crippen LogP contribution in [0, 0.1) is 0 Å². The Labute approximate surface area is 157 Å². The van der Waals surface area contributed by atoms with Gasteiger partial charge in [0.25, 0.3) is 0 Å². The minimum absolute atomic E-state index is 0. The second kappa shape index (κ2) is 13.8. The van der Waals surface area contributed by atoms with E-state index in [1.165, 1.54) is 10.5 Å². The summed E-state index contributed by atoms with van der Waals surface area (Å²) >= 11 is 6.00. The van der Waals surface area contributed by atoms with Crippen molar-refractivity contribution in [2.45, 2.75) is 31.1 Å². The van der Waals surface area contributed by atoms with Gasteiger partial charge in [-0.2, -0.15) is 0 Å². The summed E-state index contributed by atoms with van der Waals surface area (Å²) in [6.07, 6.45) is 1.14. The highest BCUT2D eigenvalue weighted by atomic mass is 32.2. The molecule has 0 aliphatic carbocycles. The summed E-state index contributed by atoms with van der Waals surface area (Å²) in [6, 6.07) is 31.0. The van der Waals surface area contributed by atoms with E-state index in [0.717, 1.165) is 17.1 Å². The number of benzene rings is 3. The van der Waals surface area contributed by atoms with Gasteiger partial charge in [0.05, 0.1) is 0 Å². The highest BCUT2D eigenvalue weighted by Gasteiger charge is 1.94. The molecule has 0 aliphatic heterocycles. The Morgan fingerprint density at radius 1 is 0.625 bits per heavy atom. The third-order valence-electron chi connectivity index (χ3n) is 3.00. The fourth-order valence-electron chi connectivity index (χ4n) is 1.88. The van der Waals surface area contributed by atoms with Crippen molar-refractivity contribution < 1.29 is 0 Å². The molecule has 0 nitrogen and oxygen atoms in total. The smallest absolute Gasteiger partial charge is 0.00720 e. The average Bonchev–Trinajstić information content (AvgIpc) is 2.58. The van der Waals surface area contributed by atoms with Gasteiger partial charge >= 0.3 is 0 Å². The van der Waals surface area contributed by atoms with Gasteiger partial charge in [-0.25, -0.2) is 0 Å². The van der Waals surface area contributed by atoms with Crippen molar-refractivity contribution in [2.75, 3.05) is 5.75 Å². The first-order chi connectivity index (χ1) is 10.8. The molecule has 24 heavy (non-hydrogen) atoms. The number of hydrogen-bond donors (Lipinski definition) is 1. The summed E-state index contributed by atoms with van der Waals surface area (Å²) in [7, 11) is 0. The highest BCUT2D eigenvalue weighted by molar-refractivity contribution is 7.99. The van der Waals surface area contributed by atoms with Gasteiger partial charge in [-0.05, 0) is 36.2 Å². The molecule has 0 spiro atoms. The first kappa shape index (κ1) is 22.4. The van der Waals surface area contributed by atoms with Crippen LogP contribution in [0.1, 0.15) is 20.4 Å². The molecule has 2 heteroatoms. The third kappa shape index (κ3) is 9.49. The maximum absolute atomic E-state index is 4.08. The topological polar surface area (TPSA) is 0 Å². The molecule has 0 aromatic heterocycles. The van der Waals surface area contributed by atoms with E-state index < -0.39 is 0 Å². The Balaban J connectivity index is 0.000000504. The number of rotatable bonds is 4. The molecule has 3 aromatic rings. The lowest BCUT2D eigenvalue weighted by Crippen LogP contribution is -1.87. The molecule has 0 saturated heterocycles. The summed E-state index contributed by atoms with van der Waals surface area (Å²) in [5.74, 6) is 1.15. The van der Waals surface area contributed by atoms with Crippen molar-refractivity contribution in [3.63, 3.8) is 0 Å². The van der Waals surface area contributed by atoms with Crippen LogP contribution < -0.4 is 0 Å². The Morgan fingerprint density at radius 3 is 1.54 bits per heavy atom. The normalized spacial score (nSPS) is 8.88. The van der Waals surface area contributed by atoms with Gasteiger partial charge in [-0.1, -0.05) is 81.6 Å². The quantitative estimate of drug-likeness (QED) is 0.379. The summed E-state index contributed by atoms with van der Waals surface area (Å²) in [5, 5.41) is 0. The van der Waals surface area contributed by atoms with Crippen LogP contribution in [0.25, 0.3) is 0 Å². The lowest BCUT2D eigenvalue weighted by molar-refractivity contribution is 1.15. The van der Waals surface area contributed by atoms with Crippen molar-refractivity contribution in [2.24, 2.45) is 0 Å². The Kier molecular flexibility index (Phi) is 12.8.